The van der Waals surface area contributed by atoms with Crippen LogP contribution in [-0.4, -0.2) is 55.2 Å². The second kappa shape index (κ2) is 10.6. The van der Waals surface area contributed by atoms with Crippen LogP contribution in [0.25, 0.3) is 20.5 Å². The summed E-state index contributed by atoms with van der Waals surface area (Å²) in [6.07, 6.45) is 7.92. The van der Waals surface area contributed by atoms with Crippen molar-refractivity contribution in [2.45, 2.75) is 44.7 Å². The second-order valence-corrected chi connectivity index (χ2v) is 11.7. The van der Waals surface area contributed by atoms with Gasteiger partial charge in [-0.1, -0.05) is 6.42 Å². The highest BCUT2D eigenvalue weighted by Crippen LogP contribution is 2.42. The molecule has 0 aliphatic carbocycles. The number of likely N-dealkylation sites (tertiary alicyclic amines) is 1. The zero-order chi connectivity index (χ0) is 27.0. The SMILES string of the molecule is COc1ccc(-c2sc3cc(OC)ccc3c2C(=O)c2ccc(N3CCCC3(C)N3CCCCC3)nc2)cc1. The van der Waals surface area contributed by atoms with Gasteiger partial charge in [0.15, 0.2) is 5.78 Å². The highest BCUT2D eigenvalue weighted by molar-refractivity contribution is 7.22. The third-order valence-electron chi connectivity index (χ3n) is 8.41. The quantitative estimate of drug-likeness (QED) is 0.235. The molecule has 2 aromatic carbocycles. The lowest BCUT2D eigenvalue weighted by molar-refractivity contribution is 0.0879. The Balaban J connectivity index is 1.35. The number of pyridine rings is 1. The lowest BCUT2D eigenvalue weighted by Crippen LogP contribution is -2.57. The number of ketones is 1. The van der Waals surface area contributed by atoms with E-state index in [2.05, 4.69) is 16.7 Å². The van der Waals surface area contributed by atoms with Crippen LogP contribution in [0.1, 0.15) is 54.9 Å². The van der Waals surface area contributed by atoms with Gasteiger partial charge in [0.1, 0.15) is 17.3 Å². The summed E-state index contributed by atoms with van der Waals surface area (Å²) in [7, 11) is 3.32. The van der Waals surface area contributed by atoms with Gasteiger partial charge in [-0.25, -0.2) is 4.98 Å². The average Bonchev–Trinajstić information content (AvgIpc) is 3.58. The lowest BCUT2D eigenvalue weighted by atomic mass is 9.98. The summed E-state index contributed by atoms with van der Waals surface area (Å²) in [5, 5.41) is 0.929. The van der Waals surface area contributed by atoms with E-state index >= 15 is 0 Å². The molecule has 39 heavy (non-hydrogen) atoms. The van der Waals surface area contributed by atoms with Crippen LogP contribution in [0.2, 0.25) is 0 Å². The molecule has 2 aliphatic heterocycles. The Bertz CT molecular complexity index is 1480. The van der Waals surface area contributed by atoms with Crippen LogP contribution in [0.15, 0.2) is 60.8 Å². The zero-order valence-corrected chi connectivity index (χ0v) is 23.7. The topological polar surface area (TPSA) is 54.9 Å². The largest absolute Gasteiger partial charge is 0.497 e. The number of carbonyl (C=O) groups excluding carboxylic acids is 1. The maximum absolute atomic E-state index is 14.1. The third-order valence-corrected chi connectivity index (χ3v) is 9.62. The minimum Gasteiger partial charge on any atom is -0.497 e. The van der Waals surface area contributed by atoms with Crippen molar-refractivity contribution in [3.05, 3.63) is 71.9 Å². The molecule has 1 atom stereocenters. The van der Waals surface area contributed by atoms with Gasteiger partial charge in [-0.3, -0.25) is 9.69 Å². The lowest BCUT2D eigenvalue weighted by Gasteiger charge is -2.47. The minimum absolute atomic E-state index is 0.0108. The van der Waals surface area contributed by atoms with Crippen molar-refractivity contribution in [1.29, 1.82) is 0 Å². The summed E-state index contributed by atoms with van der Waals surface area (Å²) in [4.78, 5) is 25.0. The van der Waals surface area contributed by atoms with E-state index in [-0.39, 0.29) is 11.4 Å². The Hall–Kier alpha value is -3.42. The number of thiophene rings is 1. The van der Waals surface area contributed by atoms with E-state index in [0.29, 0.717) is 11.1 Å². The summed E-state index contributed by atoms with van der Waals surface area (Å²) in [6, 6.07) is 17.8. The standard InChI is InChI=1S/C32H35N3O3S/c1-32(34-17-5-4-6-18-34)16-7-19-35(32)28-15-10-23(21-33-28)30(36)29-26-14-13-25(38-3)20-27(26)39-31(29)22-8-11-24(37-2)12-9-22/h8-15,20-21H,4-7,16-19H2,1-3H3. The van der Waals surface area contributed by atoms with Crippen molar-refractivity contribution in [2.24, 2.45) is 0 Å². The number of benzene rings is 2. The van der Waals surface area contributed by atoms with Gasteiger partial charge < -0.3 is 14.4 Å². The number of ether oxygens (including phenoxy) is 2. The number of anilines is 1. The van der Waals surface area contributed by atoms with E-state index in [4.69, 9.17) is 14.5 Å². The maximum Gasteiger partial charge on any atom is 0.196 e. The molecule has 2 saturated heterocycles. The summed E-state index contributed by atoms with van der Waals surface area (Å²) in [5.74, 6) is 2.49. The van der Waals surface area contributed by atoms with E-state index in [1.165, 1.54) is 19.3 Å². The smallest absolute Gasteiger partial charge is 0.196 e. The number of rotatable bonds is 7. The number of nitrogens with zero attached hydrogens (tertiary/aromatic N) is 3. The number of carbonyl (C=O) groups is 1. The molecule has 4 aromatic rings. The molecule has 4 heterocycles. The van der Waals surface area contributed by atoms with Gasteiger partial charge in [0, 0.05) is 51.9 Å². The first kappa shape index (κ1) is 25.8. The van der Waals surface area contributed by atoms with Crippen LogP contribution in [0.4, 0.5) is 5.82 Å². The summed E-state index contributed by atoms with van der Waals surface area (Å²) < 4.78 is 11.8. The highest BCUT2D eigenvalue weighted by Gasteiger charge is 2.42. The number of hydrogen-bond donors (Lipinski definition) is 0. The molecule has 0 N–H and O–H groups in total. The summed E-state index contributed by atoms with van der Waals surface area (Å²) in [5.41, 5.74) is 2.28. The predicted molar refractivity (Wildman–Crippen MR) is 158 cm³/mol. The molecule has 2 fully saturated rings. The Labute approximate surface area is 234 Å². The molecular weight excluding hydrogens is 506 g/mol. The molecule has 7 heteroatoms. The van der Waals surface area contributed by atoms with Gasteiger partial charge in [0.25, 0.3) is 0 Å². The second-order valence-electron chi connectivity index (χ2n) is 10.7. The van der Waals surface area contributed by atoms with Crippen molar-refractivity contribution < 1.29 is 14.3 Å². The van der Waals surface area contributed by atoms with Gasteiger partial charge in [-0.05, 0) is 92.8 Å². The summed E-state index contributed by atoms with van der Waals surface area (Å²) in [6.45, 7) is 5.65. The molecule has 0 bridgehead atoms. The van der Waals surface area contributed by atoms with Crippen LogP contribution in [-0.2, 0) is 0 Å². The summed E-state index contributed by atoms with van der Waals surface area (Å²) >= 11 is 1.61. The molecule has 2 aliphatic rings. The number of methoxy groups -OCH3 is 2. The Morgan fingerprint density at radius 3 is 2.33 bits per heavy atom. The van der Waals surface area contributed by atoms with Crippen LogP contribution in [0.5, 0.6) is 11.5 Å². The maximum atomic E-state index is 14.1. The zero-order valence-electron chi connectivity index (χ0n) is 22.9. The van der Waals surface area contributed by atoms with Gasteiger partial charge in [-0.15, -0.1) is 11.3 Å². The fourth-order valence-corrected chi connectivity index (χ4v) is 7.45. The molecule has 0 spiro atoms. The monoisotopic (exact) mass is 541 g/mol. The van der Waals surface area contributed by atoms with Crippen molar-refractivity contribution in [3.63, 3.8) is 0 Å². The molecule has 0 radical (unpaired) electrons. The van der Waals surface area contributed by atoms with Crippen LogP contribution in [0, 0.1) is 0 Å². The highest BCUT2D eigenvalue weighted by atomic mass is 32.1. The van der Waals surface area contributed by atoms with Gasteiger partial charge >= 0.3 is 0 Å². The fraction of sp³-hybridized carbons (Fsp3) is 0.375. The van der Waals surface area contributed by atoms with Gasteiger partial charge in [0.2, 0.25) is 0 Å². The minimum atomic E-state index is -0.0171. The fourth-order valence-electron chi connectivity index (χ4n) is 6.21. The van der Waals surface area contributed by atoms with Crippen molar-refractivity contribution >= 4 is 33.0 Å². The van der Waals surface area contributed by atoms with E-state index in [0.717, 1.165) is 70.3 Å². The predicted octanol–water partition coefficient (Wildman–Crippen LogP) is 7.01. The molecule has 2 aromatic heterocycles. The number of fused-ring (bicyclic) bond motifs is 1. The van der Waals surface area contributed by atoms with E-state index in [1.54, 1.807) is 31.8 Å². The normalized spacial score (nSPS) is 19.9. The Morgan fingerprint density at radius 2 is 1.64 bits per heavy atom. The number of hydrogen-bond acceptors (Lipinski definition) is 7. The molecule has 0 amide bonds. The molecule has 6 rings (SSSR count). The first-order valence-corrected chi connectivity index (χ1v) is 14.6. The molecular formula is C32H35N3O3S. The van der Waals surface area contributed by atoms with E-state index in [1.807, 2.05) is 54.6 Å². The Morgan fingerprint density at radius 1 is 0.897 bits per heavy atom. The van der Waals surface area contributed by atoms with Gasteiger partial charge in [-0.2, -0.15) is 0 Å². The van der Waals surface area contributed by atoms with Crippen molar-refractivity contribution in [1.82, 2.24) is 9.88 Å². The van der Waals surface area contributed by atoms with Gasteiger partial charge in [0.05, 0.1) is 19.9 Å². The Kier molecular flexibility index (Phi) is 7.04. The van der Waals surface area contributed by atoms with Crippen LogP contribution in [0.3, 0.4) is 0 Å². The molecule has 0 saturated carbocycles. The van der Waals surface area contributed by atoms with Crippen molar-refractivity contribution in [3.8, 4) is 21.9 Å². The molecule has 202 valence electrons. The third kappa shape index (κ3) is 4.68. The average molecular weight is 542 g/mol. The number of aromatic nitrogens is 1. The van der Waals surface area contributed by atoms with Crippen molar-refractivity contribution in [2.75, 3.05) is 38.8 Å². The molecule has 1 unspecified atom stereocenters. The van der Waals surface area contributed by atoms with Crippen LogP contribution >= 0.6 is 11.3 Å². The first-order valence-electron chi connectivity index (χ1n) is 13.8. The van der Waals surface area contributed by atoms with E-state index in [9.17, 15) is 4.79 Å². The number of piperidine rings is 1. The first-order chi connectivity index (χ1) is 19.0. The molecule has 6 nitrogen and oxygen atoms in total. The van der Waals surface area contributed by atoms with E-state index < -0.39 is 0 Å². The van der Waals surface area contributed by atoms with Crippen LogP contribution < -0.4 is 14.4 Å².